The Bertz CT molecular complexity index is 501. The van der Waals surface area contributed by atoms with Gasteiger partial charge < -0.3 is 15.7 Å². The maximum absolute atomic E-state index is 13.0. The molecule has 1 amide bonds. The average molecular weight is 266 g/mol. The molecule has 0 unspecified atom stereocenters. The van der Waals surface area contributed by atoms with Crippen LogP contribution < -0.4 is 10.6 Å². The highest BCUT2D eigenvalue weighted by Crippen LogP contribution is 2.19. The van der Waals surface area contributed by atoms with E-state index in [1.807, 2.05) is 0 Å². The van der Waals surface area contributed by atoms with Gasteiger partial charge in [0.1, 0.15) is 5.82 Å². The molecule has 0 heterocycles. The number of hydrogen-bond donors (Lipinski definition) is 3. The second kappa shape index (κ2) is 5.79. The summed E-state index contributed by atoms with van der Waals surface area (Å²) >= 11 is 0. The number of carbonyl (C=O) groups is 2. The molecule has 5 nitrogen and oxygen atoms in total. The second-order valence-corrected chi connectivity index (χ2v) is 4.52. The maximum atomic E-state index is 13.0. The highest BCUT2D eigenvalue weighted by Gasteiger charge is 2.20. The molecule has 1 aliphatic carbocycles. The number of carboxylic acids is 1. The van der Waals surface area contributed by atoms with Gasteiger partial charge in [0.2, 0.25) is 5.91 Å². The first kappa shape index (κ1) is 13.5. The summed E-state index contributed by atoms with van der Waals surface area (Å²) in [7, 11) is 0. The van der Waals surface area contributed by atoms with Crippen LogP contribution in [0.4, 0.5) is 10.1 Å². The van der Waals surface area contributed by atoms with E-state index in [4.69, 9.17) is 5.11 Å². The van der Waals surface area contributed by atoms with Crippen LogP contribution in [0.15, 0.2) is 18.2 Å². The molecule has 0 radical (unpaired) electrons. The summed E-state index contributed by atoms with van der Waals surface area (Å²) in [4.78, 5) is 22.6. The van der Waals surface area contributed by atoms with Gasteiger partial charge in [-0.2, -0.15) is 0 Å². The van der Waals surface area contributed by atoms with Crippen molar-refractivity contribution in [2.24, 2.45) is 0 Å². The van der Waals surface area contributed by atoms with E-state index in [-0.39, 0.29) is 23.6 Å². The molecular formula is C13H15FN2O3. The average Bonchev–Trinajstić information content (AvgIpc) is 3.15. The van der Waals surface area contributed by atoms with Gasteiger partial charge in [0.05, 0.1) is 11.3 Å². The molecule has 6 heteroatoms. The number of hydrogen-bond acceptors (Lipinski definition) is 3. The fraction of sp³-hybridized carbons (Fsp3) is 0.385. The summed E-state index contributed by atoms with van der Waals surface area (Å²) in [5, 5.41) is 14.6. The molecule has 1 saturated carbocycles. The van der Waals surface area contributed by atoms with Gasteiger partial charge in [-0.25, -0.2) is 9.18 Å². The van der Waals surface area contributed by atoms with E-state index in [9.17, 15) is 14.0 Å². The molecule has 1 aliphatic rings. The molecule has 0 aliphatic heterocycles. The molecule has 1 aromatic rings. The molecule has 0 spiro atoms. The molecular weight excluding hydrogens is 251 g/mol. The van der Waals surface area contributed by atoms with Crippen LogP contribution in [0.2, 0.25) is 0 Å². The van der Waals surface area contributed by atoms with E-state index in [2.05, 4.69) is 10.6 Å². The Balaban J connectivity index is 1.93. The molecule has 2 rings (SSSR count). The van der Waals surface area contributed by atoms with Crippen LogP contribution in [-0.2, 0) is 4.79 Å². The van der Waals surface area contributed by atoms with Crippen LogP contribution in [-0.4, -0.2) is 29.6 Å². The molecule has 1 aromatic carbocycles. The zero-order chi connectivity index (χ0) is 13.8. The van der Waals surface area contributed by atoms with Gasteiger partial charge in [0.25, 0.3) is 0 Å². The van der Waals surface area contributed by atoms with Crippen molar-refractivity contribution >= 4 is 17.6 Å². The van der Waals surface area contributed by atoms with Gasteiger partial charge in [-0.15, -0.1) is 0 Å². The molecule has 19 heavy (non-hydrogen) atoms. The van der Waals surface area contributed by atoms with Crippen LogP contribution in [0.3, 0.4) is 0 Å². The van der Waals surface area contributed by atoms with Crippen LogP contribution in [0.5, 0.6) is 0 Å². The number of amides is 1. The van der Waals surface area contributed by atoms with Gasteiger partial charge in [-0.05, 0) is 31.0 Å². The Labute approximate surface area is 109 Å². The van der Waals surface area contributed by atoms with E-state index in [0.29, 0.717) is 12.6 Å². The highest BCUT2D eigenvalue weighted by molar-refractivity contribution is 6.00. The van der Waals surface area contributed by atoms with E-state index >= 15 is 0 Å². The smallest absolute Gasteiger partial charge is 0.337 e. The third-order valence-electron chi connectivity index (χ3n) is 2.85. The van der Waals surface area contributed by atoms with Gasteiger partial charge in [-0.3, -0.25) is 4.79 Å². The fourth-order valence-corrected chi connectivity index (χ4v) is 1.69. The molecule has 102 valence electrons. The lowest BCUT2D eigenvalue weighted by atomic mass is 10.1. The predicted octanol–water partition coefficient (Wildman–Crippen LogP) is 1.60. The standard InChI is InChI=1S/C13H15FN2O3/c14-8-1-4-11(10(7-8)13(18)19)16-12(17)5-6-15-9-2-3-9/h1,4,7,9,15H,2-3,5-6H2,(H,16,17)(H,18,19). The Morgan fingerprint density at radius 3 is 2.74 bits per heavy atom. The van der Waals surface area contributed by atoms with Crippen molar-refractivity contribution in [3.8, 4) is 0 Å². The minimum atomic E-state index is -1.27. The number of carboxylic acid groups (broad SMARTS) is 1. The van der Waals surface area contributed by atoms with Crippen LogP contribution in [0, 0.1) is 5.82 Å². The molecule has 0 aromatic heterocycles. The Morgan fingerprint density at radius 1 is 1.37 bits per heavy atom. The van der Waals surface area contributed by atoms with E-state index in [1.165, 1.54) is 6.07 Å². The zero-order valence-electron chi connectivity index (χ0n) is 10.3. The minimum absolute atomic E-state index is 0.116. The Hall–Kier alpha value is -1.95. The van der Waals surface area contributed by atoms with Crippen molar-refractivity contribution in [1.82, 2.24) is 5.32 Å². The van der Waals surface area contributed by atoms with Crippen molar-refractivity contribution in [2.75, 3.05) is 11.9 Å². The molecule has 0 bridgehead atoms. The summed E-state index contributed by atoms with van der Waals surface area (Å²) in [5.41, 5.74) is -0.131. The van der Waals surface area contributed by atoms with Gasteiger partial charge >= 0.3 is 5.97 Å². The van der Waals surface area contributed by atoms with E-state index in [0.717, 1.165) is 25.0 Å². The topological polar surface area (TPSA) is 78.4 Å². The lowest BCUT2D eigenvalue weighted by Gasteiger charge is -2.09. The number of rotatable bonds is 6. The maximum Gasteiger partial charge on any atom is 0.337 e. The summed E-state index contributed by atoms with van der Waals surface area (Å²) in [5.74, 6) is -2.21. The third kappa shape index (κ3) is 4.03. The largest absolute Gasteiger partial charge is 0.478 e. The lowest BCUT2D eigenvalue weighted by molar-refractivity contribution is -0.116. The lowest BCUT2D eigenvalue weighted by Crippen LogP contribution is -2.23. The number of carbonyl (C=O) groups excluding carboxylic acids is 1. The summed E-state index contributed by atoms with van der Waals surface area (Å²) in [6, 6.07) is 3.78. The van der Waals surface area contributed by atoms with Crippen molar-refractivity contribution in [2.45, 2.75) is 25.3 Å². The summed E-state index contributed by atoms with van der Waals surface area (Å²) < 4.78 is 13.0. The quantitative estimate of drug-likeness (QED) is 0.731. The van der Waals surface area contributed by atoms with Crippen molar-refractivity contribution in [1.29, 1.82) is 0 Å². The Morgan fingerprint density at radius 2 is 2.11 bits per heavy atom. The first-order valence-corrected chi connectivity index (χ1v) is 6.12. The second-order valence-electron chi connectivity index (χ2n) is 4.52. The number of aromatic carboxylic acids is 1. The zero-order valence-corrected chi connectivity index (χ0v) is 10.3. The van der Waals surface area contributed by atoms with E-state index < -0.39 is 11.8 Å². The number of anilines is 1. The van der Waals surface area contributed by atoms with Crippen molar-refractivity contribution in [3.63, 3.8) is 0 Å². The molecule has 3 N–H and O–H groups in total. The normalized spacial score (nSPS) is 14.2. The Kier molecular flexibility index (Phi) is 4.11. The summed E-state index contributed by atoms with van der Waals surface area (Å²) in [6.07, 6.45) is 2.54. The molecule has 0 atom stereocenters. The molecule has 0 saturated heterocycles. The molecule has 1 fully saturated rings. The first-order valence-electron chi connectivity index (χ1n) is 6.12. The monoisotopic (exact) mass is 266 g/mol. The number of nitrogens with one attached hydrogen (secondary N) is 2. The minimum Gasteiger partial charge on any atom is -0.478 e. The van der Waals surface area contributed by atoms with Crippen LogP contribution in [0.25, 0.3) is 0 Å². The van der Waals surface area contributed by atoms with Crippen LogP contribution in [0.1, 0.15) is 29.6 Å². The first-order chi connectivity index (χ1) is 9.06. The fourth-order valence-electron chi connectivity index (χ4n) is 1.69. The SMILES string of the molecule is O=C(CCNC1CC1)Nc1ccc(F)cc1C(=O)O. The van der Waals surface area contributed by atoms with Gasteiger partial charge in [0.15, 0.2) is 0 Å². The van der Waals surface area contributed by atoms with Gasteiger partial charge in [-0.1, -0.05) is 0 Å². The number of halogens is 1. The third-order valence-corrected chi connectivity index (χ3v) is 2.85. The summed E-state index contributed by atoms with van der Waals surface area (Å²) in [6.45, 7) is 0.556. The van der Waals surface area contributed by atoms with Crippen molar-refractivity contribution < 1.29 is 19.1 Å². The van der Waals surface area contributed by atoms with Crippen molar-refractivity contribution in [3.05, 3.63) is 29.6 Å². The predicted molar refractivity (Wildman–Crippen MR) is 67.6 cm³/mol. The van der Waals surface area contributed by atoms with Crippen LogP contribution >= 0.6 is 0 Å². The highest BCUT2D eigenvalue weighted by atomic mass is 19.1. The van der Waals surface area contributed by atoms with E-state index in [1.54, 1.807) is 0 Å². The number of benzene rings is 1. The van der Waals surface area contributed by atoms with Gasteiger partial charge in [0, 0.05) is 19.0 Å².